The summed E-state index contributed by atoms with van der Waals surface area (Å²) in [4.78, 5) is 13.8. The third-order valence-corrected chi connectivity index (χ3v) is 10.4. The first-order valence-corrected chi connectivity index (χ1v) is 16.7. The van der Waals surface area contributed by atoms with Gasteiger partial charge in [0, 0.05) is 32.5 Å². The van der Waals surface area contributed by atoms with Gasteiger partial charge in [-0.25, -0.2) is 0 Å². The van der Waals surface area contributed by atoms with E-state index in [1.165, 1.54) is 14.0 Å². The third kappa shape index (κ3) is 8.95. The van der Waals surface area contributed by atoms with Crippen LogP contribution in [0.1, 0.15) is 101 Å². The average Bonchev–Trinajstić information content (AvgIpc) is 2.95. The zero-order valence-corrected chi connectivity index (χ0v) is 29.6. The Morgan fingerprint density at radius 1 is 1.00 bits per heavy atom. The van der Waals surface area contributed by atoms with E-state index in [2.05, 4.69) is 10.6 Å². The van der Waals surface area contributed by atoms with Crippen molar-refractivity contribution in [2.45, 2.75) is 160 Å². The molecule has 12 nitrogen and oxygen atoms in total. The number of rotatable bonds is 8. The van der Waals surface area contributed by atoms with E-state index in [-0.39, 0.29) is 31.7 Å². The summed E-state index contributed by atoms with van der Waals surface area (Å²) in [6.45, 7) is 18.7. The number of methoxy groups -OCH3 is 1. The van der Waals surface area contributed by atoms with Crippen molar-refractivity contribution in [3.8, 4) is 0 Å². The maximum atomic E-state index is 13.8. The predicted octanol–water partition coefficient (Wildman–Crippen LogP) is 1.83. The van der Waals surface area contributed by atoms with Crippen LogP contribution in [0.5, 0.6) is 0 Å². The van der Waals surface area contributed by atoms with Crippen molar-refractivity contribution in [3.63, 3.8) is 0 Å². The van der Waals surface area contributed by atoms with Gasteiger partial charge in [-0.05, 0) is 85.7 Å². The van der Waals surface area contributed by atoms with Crippen LogP contribution in [-0.2, 0) is 23.7 Å². The smallest absolute Gasteiger partial charge is 0.313 e. The topological polar surface area (TPSA) is 179 Å². The molecule has 266 valence electrons. The molecule has 0 aromatic rings. The lowest BCUT2D eigenvalue weighted by Crippen LogP contribution is -2.70. The molecule has 2 fully saturated rings. The summed E-state index contributed by atoms with van der Waals surface area (Å²) >= 11 is 0. The quantitative estimate of drug-likeness (QED) is 0.150. The Kier molecular flexibility index (Phi) is 13.9. The van der Waals surface area contributed by atoms with Crippen LogP contribution < -0.4 is 10.6 Å². The third-order valence-electron chi connectivity index (χ3n) is 10.4. The van der Waals surface area contributed by atoms with Gasteiger partial charge in [-0.3, -0.25) is 4.79 Å². The molecule has 0 bridgehead atoms. The van der Waals surface area contributed by atoms with Gasteiger partial charge < -0.3 is 55.1 Å². The lowest BCUT2D eigenvalue weighted by atomic mass is 9.75. The minimum absolute atomic E-state index is 0.0133. The Hall–Kier alpha value is -0.930. The van der Waals surface area contributed by atoms with E-state index in [0.717, 1.165) is 13.0 Å². The zero-order chi connectivity index (χ0) is 34.6. The van der Waals surface area contributed by atoms with Crippen molar-refractivity contribution in [1.29, 1.82) is 0 Å². The van der Waals surface area contributed by atoms with Crippen LogP contribution in [-0.4, -0.2) is 117 Å². The Morgan fingerprint density at radius 2 is 1.62 bits per heavy atom. The molecule has 12 heteroatoms. The van der Waals surface area contributed by atoms with Crippen LogP contribution in [0.15, 0.2) is 0 Å². The van der Waals surface area contributed by atoms with E-state index in [0.29, 0.717) is 13.0 Å². The Labute approximate surface area is 270 Å². The molecular formula is C33H64N2O10. The number of hydrogen-bond acceptors (Lipinski definition) is 12. The molecule has 2 heterocycles. The Balaban J connectivity index is 2.50. The summed E-state index contributed by atoms with van der Waals surface area (Å²) in [5.74, 6) is -4.65. The van der Waals surface area contributed by atoms with Crippen LogP contribution in [0.2, 0.25) is 0 Å². The summed E-state index contributed by atoms with van der Waals surface area (Å²) in [5, 5.41) is 63.7. The van der Waals surface area contributed by atoms with Crippen molar-refractivity contribution >= 4 is 5.97 Å². The molecule has 0 radical (unpaired) electrons. The fourth-order valence-electron chi connectivity index (χ4n) is 7.22. The molecule has 13 atom stereocenters. The fourth-order valence-corrected chi connectivity index (χ4v) is 7.22. The number of hydrogen-bond donors (Lipinski definition) is 7. The number of carbonyl (C=O) groups is 1. The van der Waals surface area contributed by atoms with Crippen molar-refractivity contribution in [2.24, 2.45) is 17.8 Å². The molecule has 0 spiro atoms. The molecule has 2 rings (SSSR count). The summed E-state index contributed by atoms with van der Waals surface area (Å²) in [7, 11) is 1.53. The van der Waals surface area contributed by atoms with Crippen LogP contribution in [0.3, 0.4) is 0 Å². The second kappa shape index (κ2) is 15.5. The first kappa shape index (κ1) is 40.2. The van der Waals surface area contributed by atoms with Gasteiger partial charge in [0.05, 0.1) is 23.7 Å². The number of cyclic esters (lactones) is 1. The highest BCUT2D eigenvalue weighted by Crippen LogP contribution is 2.42. The molecule has 45 heavy (non-hydrogen) atoms. The highest BCUT2D eigenvalue weighted by Gasteiger charge is 2.58. The normalized spacial score (nSPS) is 47.9. The number of aliphatic hydroxyl groups is 5. The summed E-state index contributed by atoms with van der Waals surface area (Å²) < 4.78 is 24.3. The van der Waals surface area contributed by atoms with Gasteiger partial charge in [0.15, 0.2) is 11.9 Å². The minimum Gasteiger partial charge on any atom is -0.430 e. The molecule has 2 aliphatic heterocycles. The highest BCUT2D eigenvalue weighted by atomic mass is 16.7. The molecule has 0 aliphatic carbocycles. The Morgan fingerprint density at radius 3 is 2.18 bits per heavy atom. The number of carbonyl (C=O) groups excluding carboxylic acids is 1. The van der Waals surface area contributed by atoms with Gasteiger partial charge in [0.2, 0.25) is 5.79 Å². The number of esters is 1. The Bertz CT molecular complexity index is 952. The summed E-state index contributed by atoms with van der Waals surface area (Å²) in [6.07, 6.45) is -2.38. The maximum absolute atomic E-state index is 13.8. The van der Waals surface area contributed by atoms with Crippen LogP contribution in [0.4, 0.5) is 0 Å². The minimum atomic E-state index is -2.41. The molecule has 0 amide bonds. The molecule has 7 N–H and O–H groups in total. The fraction of sp³-hybridized carbons (Fsp3) is 0.970. The SMILES string of the molecule is CCCNC[C@]1(O)[C@H](C)O[C@@H](OC2C(C)CC(C)(O)CC(C)CNC(C)C(O)C(C)(O)C(O)(CC)OC(=O)C2C)C[C@@]1(C)OC. The molecule has 2 saturated heterocycles. The van der Waals surface area contributed by atoms with Gasteiger partial charge in [0.25, 0.3) is 0 Å². The second-order valence-corrected chi connectivity index (χ2v) is 14.7. The summed E-state index contributed by atoms with van der Waals surface area (Å²) in [6, 6.07) is -0.668. The lowest BCUT2D eigenvalue weighted by Gasteiger charge is -2.53. The number of aliphatic hydroxyl groups excluding tert-OH is 1. The zero-order valence-electron chi connectivity index (χ0n) is 29.6. The van der Waals surface area contributed by atoms with Gasteiger partial charge >= 0.3 is 5.97 Å². The molecule has 0 aromatic heterocycles. The van der Waals surface area contributed by atoms with E-state index in [4.69, 9.17) is 18.9 Å². The van der Waals surface area contributed by atoms with Crippen LogP contribution in [0.25, 0.3) is 0 Å². The van der Waals surface area contributed by atoms with Crippen molar-refractivity contribution in [3.05, 3.63) is 0 Å². The first-order valence-electron chi connectivity index (χ1n) is 16.7. The van der Waals surface area contributed by atoms with E-state index in [1.807, 2.05) is 27.7 Å². The molecule has 2 aliphatic rings. The monoisotopic (exact) mass is 648 g/mol. The summed E-state index contributed by atoms with van der Waals surface area (Å²) in [5.41, 5.74) is -5.79. The molecule has 9 unspecified atom stereocenters. The van der Waals surface area contributed by atoms with Gasteiger partial charge in [-0.15, -0.1) is 0 Å². The van der Waals surface area contributed by atoms with Gasteiger partial charge in [-0.1, -0.05) is 27.7 Å². The van der Waals surface area contributed by atoms with E-state index in [1.54, 1.807) is 34.6 Å². The lowest BCUT2D eigenvalue weighted by molar-refractivity contribution is -0.330. The second-order valence-electron chi connectivity index (χ2n) is 14.7. The average molecular weight is 649 g/mol. The number of ether oxygens (including phenoxy) is 4. The van der Waals surface area contributed by atoms with E-state index < -0.39 is 76.6 Å². The predicted molar refractivity (Wildman–Crippen MR) is 170 cm³/mol. The molecule has 0 aromatic carbocycles. The maximum Gasteiger partial charge on any atom is 0.313 e. The van der Waals surface area contributed by atoms with Crippen LogP contribution in [0, 0.1) is 17.8 Å². The van der Waals surface area contributed by atoms with Crippen molar-refractivity contribution < 1.29 is 49.3 Å². The first-order chi connectivity index (χ1) is 20.6. The highest BCUT2D eigenvalue weighted by molar-refractivity contribution is 5.73. The van der Waals surface area contributed by atoms with Gasteiger partial charge in [-0.2, -0.15) is 0 Å². The van der Waals surface area contributed by atoms with E-state index >= 15 is 0 Å². The van der Waals surface area contributed by atoms with E-state index in [9.17, 15) is 30.3 Å². The molecule has 0 saturated carbocycles. The largest absolute Gasteiger partial charge is 0.430 e. The molecular weight excluding hydrogens is 584 g/mol. The number of nitrogens with one attached hydrogen (secondary N) is 2. The van der Waals surface area contributed by atoms with Crippen LogP contribution >= 0.6 is 0 Å². The van der Waals surface area contributed by atoms with Gasteiger partial charge in [0.1, 0.15) is 17.3 Å². The van der Waals surface area contributed by atoms with Crippen molar-refractivity contribution in [1.82, 2.24) is 10.6 Å². The van der Waals surface area contributed by atoms with Crippen molar-refractivity contribution in [2.75, 3.05) is 26.7 Å². The standard InChI is InChI=1S/C33H64N2O10/c1-12-14-34-19-32(40)24(7)43-25(17-30(32,9)42-11)44-26-21(4)16-29(8,38)15-20(3)18-35-23(6)27(36)31(10,39)33(41,13-2)45-28(37)22(26)5/h20-27,34-36,38-41H,12-19H2,1-11H3/t20?,21?,22?,23?,24-,25-,26?,27?,29?,30+,31?,32-,33?/m0/s1.